The third kappa shape index (κ3) is 1.41. The van der Waals surface area contributed by atoms with Gasteiger partial charge < -0.3 is 0 Å². The van der Waals surface area contributed by atoms with Crippen molar-refractivity contribution in [3.63, 3.8) is 0 Å². The summed E-state index contributed by atoms with van der Waals surface area (Å²) in [5.74, 6) is -0.116. The van der Waals surface area contributed by atoms with Crippen LogP contribution in [0.1, 0.15) is 36.2 Å². The van der Waals surface area contributed by atoms with Crippen LogP contribution in [0.25, 0.3) is 0 Å². The Bertz CT molecular complexity index is 377. The third-order valence-corrected chi connectivity index (χ3v) is 2.26. The van der Waals surface area contributed by atoms with Crippen LogP contribution < -0.4 is 10.3 Å². The zero-order valence-corrected chi connectivity index (χ0v) is 7.21. The highest BCUT2D eigenvalue weighted by Gasteiger charge is 2.29. The van der Waals surface area contributed by atoms with E-state index in [4.69, 9.17) is 0 Å². The zero-order valence-electron chi connectivity index (χ0n) is 7.21. The van der Waals surface area contributed by atoms with Crippen LogP contribution in [-0.4, -0.2) is 11.1 Å². The molecule has 0 unspecified atom stereocenters. The molecule has 0 fully saturated rings. The lowest BCUT2D eigenvalue weighted by molar-refractivity contribution is -0.764. The number of Topliss-reactive ketones (excluding diaryl/α,β-unsaturated/α-hetero) is 1. The van der Waals surface area contributed by atoms with E-state index in [0.29, 0.717) is 13.0 Å². The van der Waals surface area contributed by atoms with Crippen molar-refractivity contribution in [1.82, 2.24) is 5.27 Å². The van der Waals surface area contributed by atoms with Gasteiger partial charge in [0.05, 0.1) is 0 Å². The molecule has 0 saturated carbocycles. The van der Waals surface area contributed by atoms with Gasteiger partial charge in [-0.15, -0.1) is 0 Å². The van der Waals surface area contributed by atoms with E-state index in [-0.39, 0.29) is 11.5 Å². The molecule has 1 aromatic rings. The Labute approximate surface area is 74.3 Å². The maximum atomic E-state index is 11.4. The number of ketones is 1. The van der Waals surface area contributed by atoms with Gasteiger partial charge in [0.1, 0.15) is 0 Å². The van der Waals surface area contributed by atoms with Gasteiger partial charge in [-0.25, -0.2) is 4.79 Å². The fourth-order valence-electron chi connectivity index (χ4n) is 1.57. The first-order valence-electron chi connectivity index (χ1n) is 4.43. The van der Waals surface area contributed by atoms with E-state index >= 15 is 0 Å². The topological polar surface area (TPSA) is 66.9 Å². The normalized spacial score (nSPS) is 17.7. The van der Waals surface area contributed by atoms with Crippen molar-refractivity contribution in [2.75, 3.05) is 0 Å². The van der Waals surface area contributed by atoms with Gasteiger partial charge in [-0.1, -0.05) is 4.68 Å². The molecule has 0 spiro atoms. The van der Waals surface area contributed by atoms with E-state index < -0.39 is 5.63 Å². The van der Waals surface area contributed by atoms with Crippen molar-refractivity contribution in [3.05, 3.63) is 16.1 Å². The smallest absolute Gasteiger partial charge is 0.287 e. The van der Waals surface area contributed by atoms with Gasteiger partial charge in [0.2, 0.25) is 5.78 Å². The molecule has 0 radical (unpaired) electrons. The minimum Gasteiger partial charge on any atom is -0.287 e. The van der Waals surface area contributed by atoms with E-state index in [9.17, 15) is 9.59 Å². The van der Waals surface area contributed by atoms with E-state index in [1.54, 1.807) is 0 Å². The minimum atomic E-state index is -0.549. The average molecular weight is 183 g/mol. The number of nitrogens with one attached hydrogen (secondary N) is 1. The standard InChI is InChI=1S/C8H10N2O3/c11-6-4-2-1-3-5-10-7(6)8(12)13-9-10/h1-5H2/p+1. The molecule has 5 heteroatoms. The number of H-pyrrole nitrogens is 1. The van der Waals surface area contributed by atoms with E-state index in [1.807, 2.05) is 0 Å². The van der Waals surface area contributed by atoms with Crippen molar-refractivity contribution in [3.8, 4) is 0 Å². The number of hydrogen-bond acceptors (Lipinski definition) is 3. The Kier molecular flexibility index (Phi) is 2.00. The molecule has 0 atom stereocenters. The first-order chi connectivity index (χ1) is 6.29. The van der Waals surface area contributed by atoms with Crippen LogP contribution in [0.15, 0.2) is 9.32 Å². The molecule has 0 aromatic carbocycles. The van der Waals surface area contributed by atoms with Gasteiger partial charge in [-0.3, -0.25) is 9.32 Å². The molecule has 70 valence electrons. The zero-order chi connectivity index (χ0) is 9.26. The number of aryl methyl sites for hydroxylation is 1. The monoisotopic (exact) mass is 183 g/mol. The summed E-state index contributed by atoms with van der Waals surface area (Å²) in [6.45, 7) is 0.660. The predicted molar refractivity (Wildman–Crippen MR) is 42.3 cm³/mol. The Morgan fingerprint density at radius 2 is 2.08 bits per heavy atom. The molecule has 5 nitrogen and oxygen atoms in total. The summed E-state index contributed by atoms with van der Waals surface area (Å²) >= 11 is 0. The Hall–Kier alpha value is -1.39. The predicted octanol–water partition coefficient (Wildman–Crippen LogP) is 0.0121. The summed E-state index contributed by atoms with van der Waals surface area (Å²) in [6.07, 6.45) is 3.30. The minimum absolute atomic E-state index is 0.116. The molecule has 0 bridgehead atoms. The summed E-state index contributed by atoms with van der Waals surface area (Å²) in [6, 6.07) is 0. The van der Waals surface area contributed by atoms with Gasteiger partial charge >= 0.3 is 11.3 Å². The first kappa shape index (κ1) is 8.22. The second kappa shape index (κ2) is 3.16. The van der Waals surface area contributed by atoms with Crippen LogP contribution in [0.2, 0.25) is 0 Å². The maximum absolute atomic E-state index is 11.4. The van der Waals surface area contributed by atoms with Crippen LogP contribution in [-0.2, 0) is 6.54 Å². The van der Waals surface area contributed by atoms with Crippen LogP contribution in [0.4, 0.5) is 0 Å². The van der Waals surface area contributed by atoms with Gasteiger partial charge in [-0.05, 0) is 18.1 Å². The number of nitrogens with zero attached hydrogens (tertiary/aromatic N) is 1. The van der Waals surface area contributed by atoms with Crippen molar-refractivity contribution < 1.29 is 14.0 Å². The van der Waals surface area contributed by atoms with Crippen LogP contribution >= 0.6 is 0 Å². The highest BCUT2D eigenvalue weighted by atomic mass is 16.5. The van der Waals surface area contributed by atoms with Gasteiger partial charge in [0.15, 0.2) is 6.54 Å². The van der Waals surface area contributed by atoms with Crippen LogP contribution in [0, 0.1) is 0 Å². The van der Waals surface area contributed by atoms with E-state index in [1.165, 1.54) is 4.68 Å². The van der Waals surface area contributed by atoms with Crippen molar-refractivity contribution in [2.45, 2.75) is 32.2 Å². The first-order valence-corrected chi connectivity index (χ1v) is 4.43. The van der Waals surface area contributed by atoms with Crippen LogP contribution in [0.3, 0.4) is 0 Å². The lowest BCUT2D eigenvalue weighted by Crippen LogP contribution is -2.44. The average Bonchev–Trinajstić information content (AvgIpc) is 2.42. The Morgan fingerprint density at radius 1 is 1.23 bits per heavy atom. The number of carbonyl (C=O) groups excluding carboxylic acids is 1. The van der Waals surface area contributed by atoms with Gasteiger partial charge in [-0.2, -0.15) is 0 Å². The molecule has 1 aliphatic heterocycles. The van der Waals surface area contributed by atoms with Gasteiger partial charge in [0, 0.05) is 12.8 Å². The lowest BCUT2D eigenvalue weighted by atomic mass is 10.1. The SMILES string of the molecule is O=C1CCCCC[n+]2[nH]oc(=O)c21. The quantitative estimate of drug-likeness (QED) is 0.576. The second-order valence-electron chi connectivity index (χ2n) is 3.21. The molecule has 0 amide bonds. The number of fused-ring (bicyclic) bond motifs is 1. The Balaban J connectivity index is 2.46. The number of aromatic amines is 1. The Morgan fingerprint density at radius 3 is 2.92 bits per heavy atom. The molecule has 1 N–H and O–H groups in total. The van der Waals surface area contributed by atoms with E-state index in [2.05, 4.69) is 9.79 Å². The molecule has 0 saturated heterocycles. The molecule has 13 heavy (non-hydrogen) atoms. The van der Waals surface area contributed by atoms with Gasteiger partial charge in [0.25, 0.3) is 0 Å². The molecule has 1 aliphatic rings. The second-order valence-corrected chi connectivity index (χ2v) is 3.21. The third-order valence-electron chi connectivity index (χ3n) is 2.26. The van der Waals surface area contributed by atoms with Crippen molar-refractivity contribution in [1.29, 1.82) is 0 Å². The highest BCUT2D eigenvalue weighted by molar-refractivity contribution is 5.92. The maximum Gasteiger partial charge on any atom is 0.438 e. The molecule has 0 aliphatic carbocycles. The largest absolute Gasteiger partial charge is 0.438 e. The summed E-state index contributed by atoms with van der Waals surface area (Å²) in [5.41, 5.74) is -0.383. The number of rotatable bonds is 0. The molecule has 2 rings (SSSR count). The van der Waals surface area contributed by atoms with Crippen molar-refractivity contribution >= 4 is 5.78 Å². The van der Waals surface area contributed by atoms with E-state index in [0.717, 1.165) is 19.3 Å². The number of carbonyl (C=O) groups is 1. The fourth-order valence-corrected chi connectivity index (χ4v) is 1.57. The fraction of sp³-hybridized carbons (Fsp3) is 0.625. The molecular weight excluding hydrogens is 172 g/mol. The molecule has 2 heterocycles. The molecule has 1 aromatic heterocycles. The lowest BCUT2D eigenvalue weighted by Gasteiger charge is -2.00. The van der Waals surface area contributed by atoms with Crippen molar-refractivity contribution in [2.24, 2.45) is 0 Å². The summed E-state index contributed by atoms with van der Waals surface area (Å²) in [5, 5.41) is 2.43. The number of aromatic nitrogens is 2. The number of hydrogen-bond donors (Lipinski definition) is 1. The summed E-state index contributed by atoms with van der Waals surface area (Å²) in [7, 11) is 0. The van der Waals surface area contributed by atoms with Crippen LogP contribution in [0.5, 0.6) is 0 Å². The molecular formula is C8H11N2O3+. The summed E-state index contributed by atoms with van der Waals surface area (Å²) in [4.78, 5) is 22.5. The summed E-state index contributed by atoms with van der Waals surface area (Å²) < 4.78 is 6.06. The highest BCUT2D eigenvalue weighted by Crippen LogP contribution is 2.06.